The summed E-state index contributed by atoms with van der Waals surface area (Å²) in [5, 5.41) is 12.1. The van der Waals surface area contributed by atoms with E-state index in [1.165, 1.54) is 23.3 Å². The van der Waals surface area contributed by atoms with E-state index in [1.807, 2.05) is 6.07 Å². The highest BCUT2D eigenvalue weighted by molar-refractivity contribution is 7.14. The van der Waals surface area contributed by atoms with Crippen LogP contribution in [0.5, 0.6) is 0 Å². The first-order valence-electron chi connectivity index (χ1n) is 7.78. The number of carbonyl (C=O) groups is 2. The Morgan fingerprint density at radius 2 is 2.00 bits per heavy atom. The molecule has 2 aliphatic rings. The van der Waals surface area contributed by atoms with Crippen molar-refractivity contribution < 1.29 is 14.7 Å². The largest absolute Gasteiger partial charge is 0.481 e. The van der Waals surface area contributed by atoms with Crippen LogP contribution in [0.2, 0.25) is 0 Å². The van der Waals surface area contributed by atoms with Crippen molar-refractivity contribution in [3.63, 3.8) is 0 Å². The van der Waals surface area contributed by atoms with Crippen LogP contribution in [-0.2, 0) is 17.6 Å². The number of carbonyl (C=O) groups excluding carboxylic acids is 1. The summed E-state index contributed by atoms with van der Waals surface area (Å²) in [6.45, 7) is 0. The van der Waals surface area contributed by atoms with Crippen molar-refractivity contribution in [3.8, 4) is 0 Å². The summed E-state index contributed by atoms with van der Waals surface area (Å²) in [5.74, 6) is -1.06. The summed E-state index contributed by atoms with van der Waals surface area (Å²) < 4.78 is 0. The standard InChI is InChI=1S/C16H21NO3S/c18-15(14-9-10-4-1-2-7-13(10)21-14)17-12-6-3-5-11(8-12)16(19)20/h9,11-12H,1-8H2,(H,17,18)(H,19,20). The zero-order valence-corrected chi connectivity index (χ0v) is 12.9. The zero-order chi connectivity index (χ0) is 14.8. The lowest BCUT2D eigenvalue weighted by Gasteiger charge is -2.27. The number of aliphatic carboxylic acids is 1. The van der Waals surface area contributed by atoms with E-state index < -0.39 is 5.97 Å². The lowest BCUT2D eigenvalue weighted by molar-refractivity contribution is -0.143. The third-order valence-corrected chi connectivity index (χ3v) is 5.81. The number of nitrogens with one attached hydrogen (secondary N) is 1. The van der Waals surface area contributed by atoms with Gasteiger partial charge in [-0.2, -0.15) is 0 Å². The number of thiophene rings is 1. The molecule has 21 heavy (non-hydrogen) atoms. The van der Waals surface area contributed by atoms with Crippen molar-refractivity contribution in [3.05, 3.63) is 21.4 Å². The number of carboxylic acids is 1. The summed E-state index contributed by atoms with van der Waals surface area (Å²) in [6.07, 6.45) is 7.68. The van der Waals surface area contributed by atoms with Crippen LogP contribution in [0.15, 0.2) is 6.07 Å². The molecular formula is C16H21NO3S. The minimum Gasteiger partial charge on any atom is -0.481 e. The molecule has 1 aromatic rings. The second-order valence-electron chi connectivity index (χ2n) is 6.14. The van der Waals surface area contributed by atoms with Gasteiger partial charge in [0.1, 0.15) is 0 Å². The maximum atomic E-state index is 12.4. The van der Waals surface area contributed by atoms with Gasteiger partial charge in [-0.05, 0) is 56.6 Å². The van der Waals surface area contributed by atoms with E-state index in [-0.39, 0.29) is 17.9 Å². The number of amides is 1. The monoisotopic (exact) mass is 307 g/mol. The molecule has 0 spiro atoms. The first-order valence-corrected chi connectivity index (χ1v) is 8.60. The first-order chi connectivity index (χ1) is 10.1. The van der Waals surface area contributed by atoms with Crippen LogP contribution in [0, 0.1) is 5.92 Å². The Bertz CT molecular complexity index is 528. The fraction of sp³-hybridized carbons (Fsp3) is 0.625. The average molecular weight is 307 g/mol. The summed E-state index contributed by atoms with van der Waals surface area (Å²) in [7, 11) is 0. The van der Waals surface area contributed by atoms with Crippen molar-refractivity contribution in [2.24, 2.45) is 5.92 Å². The summed E-state index contributed by atoms with van der Waals surface area (Å²) in [5.41, 5.74) is 1.34. The number of aryl methyl sites for hydroxylation is 2. The van der Waals surface area contributed by atoms with Gasteiger partial charge in [0.2, 0.25) is 0 Å². The molecule has 2 aliphatic carbocycles. The average Bonchev–Trinajstić information content (AvgIpc) is 2.91. The van der Waals surface area contributed by atoms with Gasteiger partial charge in [0, 0.05) is 10.9 Å². The predicted octanol–water partition coefficient (Wildman–Crippen LogP) is 3.00. The van der Waals surface area contributed by atoms with Crippen molar-refractivity contribution in [1.82, 2.24) is 5.32 Å². The molecule has 5 heteroatoms. The molecule has 1 heterocycles. The van der Waals surface area contributed by atoms with E-state index in [1.54, 1.807) is 11.3 Å². The quantitative estimate of drug-likeness (QED) is 0.902. The Morgan fingerprint density at radius 1 is 1.19 bits per heavy atom. The Morgan fingerprint density at radius 3 is 2.76 bits per heavy atom. The van der Waals surface area contributed by atoms with Crippen LogP contribution < -0.4 is 5.32 Å². The van der Waals surface area contributed by atoms with Gasteiger partial charge in [-0.25, -0.2) is 0 Å². The predicted molar refractivity (Wildman–Crippen MR) is 81.8 cm³/mol. The molecular weight excluding hydrogens is 286 g/mol. The third kappa shape index (κ3) is 3.28. The number of hydrogen-bond donors (Lipinski definition) is 2. The minimum atomic E-state index is -0.736. The SMILES string of the molecule is O=C(NC1CCCC(C(=O)O)C1)c1cc2c(s1)CCCC2. The van der Waals surface area contributed by atoms with Gasteiger partial charge in [0.05, 0.1) is 10.8 Å². The molecule has 1 fully saturated rings. The van der Waals surface area contributed by atoms with Crippen LogP contribution >= 0.6 is 11.3 Å². The molecule has 0 bridgehead atoms. The molecule has 1 amide bonds. The third-order valence-electron chi connectivity index (χ3n) is 4.58. The highest BCUT2D eigenvalue weighted by Crippen LogP contribution is 2.30. The van der Waals surface area contributed by atoms with Crippen LogP contribution in [0.3, 0.4) is 0 Å². The van der Waals surface area contributed by atoms with E-state index in [0.717, 1.165) is 37.0 Å². The van der Waals surface area contributed by atoms with Crippen LogP contribution in [0.1, 0.15) is 58.6 Å². The number of rotatable bonds is 3. The normalized spacial score (nSPS) is 25.1. The molecule has 114 valence electrons. The lowest BCUT2D eigenvalue weighted by atomic mass is 9.86. The molecule has 0 aliphatic heterocycles. The van der Waals surface area contributed by atoms with Crippen LogP contribution in [0.25, 0.3) is 0 Å². The van der Waals surface area contributed by atoms with Crippen molar-refractivity contribution in [1.29, 1.82) is 0 Å². The van der Waals surface area contributed by atoms with Crippen molar-refractivity contribution in [2.45, 2.75) is 57.4 Å². The molecule has 2 N–H and O–H groups in total. The minimum absolute atomic E-state index is 0.00600. The summed E-state index contributed by atoms with van der Waals surface area (Å²) in [4.78, 5) is 25.6. The van der Waals surface area contributed by atoms with E-state index in [2.05, 4.69) is 5.32 Å². The number of carboxylic acid groups (broad SMARTS) is 1. The van der Waals surface area contributed by atoms with Crippen LogP contribution in [-0.4, -0.2) is 23.0 Å². The zero-order valence-electron chi connectivity index (χ0n) is 12.1. The maximum Gasteiger partial charge on any atom is 0.306 e. The molecule has 2 atom stereocenters. The Kier molecular flexibility index (Phi) is 4.29. The molecule has 2 unspecified atom stereocenters. The number of fused-ring (bicyclic) bond motifs is 1. The second kappa shape index (κ2) is 6.18. The van der Waals surface area contributed by atoms with E-state index in [0.29, 0.717) is 6.42 Å². The first kappa shape index (κ1) is 14.6. The molecule has 0 aromatic carbocycles. The van der Waals surface area contributed by atoms with Crippen molar-refractivity contribution >= 4 is 23.2 Å². The van der Waals surface area contributed by atoms with Gasteiger partial charge < -0.3 is 10.4 Å². The fourth-order valence-electron chi connectivity index (χ4n) is 3.40. The van der Waals surface area contributed by atoms with E-state index >= 15 is 0 Å². The van der Waals surface area contributed by atoms with Gasteiger partial charge in [0.25, 0.3) is 5.91 Å². The highest BCUT2D eigenvalue weighted by atomic mass is 32.1. The molecule has 4 nitrogen and oxygen atoms in total. The topological polar surface area (TPSA) is 66.4 Å². The van der Waals surface area contributed by atoms with E-state index in [9.17, 15) is 9.59 Å². The van der Waals surface area contributed by atoms with Gasteiger partial charge in [-0.3, -0.25) is 9.59 Å². The van der Waals surface area contributed by atoms with E-state index in [4.69, 9.17) is 5.11 Å². The lowest BCUT2D eigenvalue weighted by Crippen LogP contribution is -2.39. The Hall–Kier alpha value is -1.36. The smallest absolute Gasteiger partial charge is 0.306 e. The van der Waals surface area contributed by atoms with Gasteiger partial charge in [0.15, 0.2) is 0 Å². The molecule has 0 saturated heterocycles. The van der Waals surface area contributed by atoms with Crippen LogP contribution in [0.4, 0.5) is 0 Å². The highest BCUT2D eigenvalue weighted by Gasteiger charge is 2.28. The Labute approximate surface area is 128 Å². The van der Waals surface area contributed by atoms with Gasteiger partial charge in [-0.1, -0.05) is 6.42 Å². The summed E-state index contributed by atoms with van der Waals surface area (Å²) in [6, 6.07) is 2.04. The molecule has 1 aromatic heterocycles. The van der Waals surface area contributed by atoms with Crippen molar-refractivity contribution in [2.75, 3.05) is 0 Å². The number of hydrogen-bond acceptors (Lipinski definition) is 3. The second-order valence-corrected chi connectivity index (χ2v) is 7.28. The Balaban J connectivity index is 1.63. The fourth-order valence-corrected chi connectivity index (χ4v) is 4.56. The van der Waals surface area contributed by atoms with Gasteiger partial charge in [-0.15, -0.1) is 11.3 Å². The molecule has 0 radical (unpaired) electrons. The van der Waals surface area contributed by atoms with Gasteiger partial charge >= 0.3 is 5.97 Å². The molecule has 3 rings (SSSR count). The summed E-state index contributed by atoms with van der Waals surface area (Å²) >= 11 is 1.61. The maximum absolute atomic E-state index is 12.4. The molecule has 1 saturated carbocycles.